The van der Waals surface area contributed by atoms with Crippen molar-refractivity contribution in [2.75, 3.05) is 13.7 Å². The molecule has 2 aromatic rings. The lowest BCUT2D eigenvalue weighted by Crippen LogP contribution is -2.18. The average Bonchev–Trinajstić information content (AvgIpc) is 2.56. The molecule has 0 atom stereocenters. The number of methoxy groups -OCH3 is 1. The number of carbonyl (C=O) groups is 1. The standard InChI is InChI=1S/C17H17ClN2O3/c1-3-23-14-7-4-12(5-8-14)11-19-20-17(21)15-10-13(18)6-9-16(15)22-2/h4-11H,3H2,1-2H3,(H,20,21)/b19-11+. The number of hydrogen-bond acceptors (Lipinski definition) is 4. The van der Waals surface area contributed by atoms with Crippen LogP contribution in [0.25, 0.3) is 0 Å². The molecule has 0 bridgehead atoms. The van der Waals surface area contributed by atoms with Crippen LogP contribution >= 0.6 is 11.6 Å². The van der Waals surface area contributed by atoms with Crippen LogP contribution in [0.1, 0.15) is 22.8 Å². The molecule has 0 aliphatic carbocycles. The summed E-state index contributed by atoms with van der Waals surface area (Å²) in [5.74, 6) is 0.826. The smallest absolute Gasteiger partial charge is 0.275 e. The van der Waals surface area contributed by atoms with Crippen LogP contribution in [0.3, 0.4) is 0 Å². The van der Waals surface area contributed by atoms with Crippen molar-refractivity contribution in [3.63, 3.8) is 0 Å². The molecule has 0 fully saturated rings. The van der Waals surface area contributed by atoms with Crippen LogP contribution in [0.15, 0.2) is 47.6 Å². The molecule has 2 rings (SSSR count). The van der Waals surface area contributed by atoms with E-state index in [1.807, 2.05) is 31.2 Å². The van der Waals surface area contributed by atoms with E-state index >= 15 is 0 Å². The lowest BCUT2D eigenvalue weighted by molar-refractivity contribution is 0.0952. The lowest BCUT2D eigenvalue weighted by Gasteiger charge is -2.07. The van der Waals surface area contributed by atoms with Crippen LogP contribution < -0.4 is 14.9 Å². The molecular formula is C17H17ClN2O3. The Morgan fingerprint density at radius 1 is 1.26 bits per heavy atom. The second kappa shape index (κ2) is 8.19. The number of amides is 1. The summed E-state index contributed by atoms with van der Waals surface area (Å²) in [7, 11) is 1.49. The minimum absolute atomic E-state index is 0.323. The highest BCUT2D eigenvalue weighted by atomic mass is 35.5. The first-order valence-corrected chi connectivity index (χ1v) is 7.41. The van der Waals surface area contributed by atoms with Gasteiger partial charge in [-0.15, -0.1) is 0 Å². The first kappa shape index (κ1) is 16.8. The molecule has 5 nitrogen and oxygen atoms in total. The third-order valence-electron chi connectivity index (χ3n) is 2.98. The third-order valence-corrected chi connectivity index (χ3v) is 3.21. The molecule has 0 aromatic heterocycles. The summed E-state index contributed by atoms with van der Waals surface area (Å²) >= 11 is 5.90. The highest BCUT2D eigenvalue weighted by molar-refractivity contribution is 6.31. The molecule has 0 unspecified atom stereocenters. The molecule has 1 amide bonds. The number of ether oxygens (including phenoxy) is 2. The zero-order chi connectivity index (χ0) is 16.7. The number of rotatable bonds is 6. The van der Waals surface area contributed by atoms with Crippen molar-refractivity contribution < 1.29 is 14.3 Å². The first-order valence-electron chi connectivity index (χ1n) is 7.04. The lowest BCUT2D eigenvalue weighted by atomic mass is 10.2. The van der Waals surface area contributed by atoms with Gasteiger partial charge in [-0.2, -0.15) is 5.10 Å². The zero-order valence-electron chi connectivity index (χ0n) is 12.9. The van der Waals surface area contributed by atoms with E-state index in [-0.39, 0.29) is 0 Å². The number of nitrogens with one attached hydrogen (secondary N) is 1. The van der Waals surface area contributed by atoms with E-state index in [4.69, 9.17) is 21.1 Å². The molecule has 6 heteroatoms. The number of carbonyl (C=O) groups excluding carboxylic acids is 1. The molecule has 0 spiro atoms. The quantitative estimate of drug-likeness (QED) is 0.650. The largest absolute Gasteiger partial charge is 0.496 e. The summed E-state index contributed by atoms with van der Waals surface area (Å²) < 4.78 is 10.5. The van der Waals surface area contributed by atoms with Gasteiger partial charge < -0.3 is 9.47 Å². The molecule has 0 aliphatic rings. The summed E-state index contributed by atoms with van der Waals surface area (Å²) in [6.07, 6.45) is 1.55. The number of hydrogen-bond donors (Lipinski definition) is 1. The Balaban J connectivity index is 2.02. The summed E-state index contributed by atoms with van der Waals surface area (Å²) in [5, 5.41) is 4.39. The fraction of sp³-hybridized carbons (Fsp3) is 0.176. The van der Waals surface area contributed by atoms with Gasteiger partial charge in [0.15, 0.2) is 0 Å². The van der Waals surface area contributed by atoms with E-state index in [2.05, 4.69) is 10.5 Å². The van der Waals surface area contributed by atoms with Crippen molar-refractivity contribution >= 4 is 23.7 Å². The van der Waals surface area contributed by atoms with Crippen molar-refractivity contribution in [2.24, 2.45) is 5.10 Å². The Hall–Kier alpha value is -2.53. The van der Waals surface area contributed by atoms with Crippen LogP contribution in [0.4, 0.5) is 0 Å². The number of hydrazone groups is 1. The first-order chi connectivity index (χ1) is 11.1. The van der Waals surface area contributed by atoms with Crippen molar-refractivity contribution in [2.45, 2.75) is 6.92 Å². The van der Waals surface area contributed by atoms with Crippen molar-refractivity contribution in [1.29, 1.82) is 0 Å². The molecule has 120 valence electrons. The Labute approximate surface area is 139 Å². The Morgan fingerprint density at radius 3 is 2.65 bits per heavy atom. The molecule has 1 N–H and O–H groups in total. The SMILES string of the molecule is CCOc1ccc(/C=N/NC(=O)c2cc(Cl)ccc2OC)cc1. The maximum Gasteiger partial charge on any atom is 0.275 e. The molecule has 0 saturated heterocycles. The maximum absolute atomic E-state index is 12.1. The van der Waals surface area contributed by atoms with E-state index in [1.54, 1.807) is 18.3 Å². The summed E-state index contributed by atoms with van der Waals surface area (Å²) in [5.41, 5.74) is 3.61. The van der Waals surface area contributed by atoms with E-state index in [9.17, 15) is 4.79 Å². The van der Waals surface area contributed by atoms with Gasteiger partial charge in [0.05, 0.1) is 25.5 Å². The van der Waals surface area contributed by atoms with Crippen LogP contribution in [0, 0.1) is 0 Å². The Bertz CT molecular complexity index is 699. The van der Waals surface area contributed by atoms with Gasteiger partial charge in [0, 0.05) is 5.02 Å². The molecule has 0 radical (unpaired) electrons. The monoisotopic (exact) mass is 332 g/mol. The van der Waals surface area contributed by atoms with Crippen molar-refractivity contribution in [3.05, 3.63) is 58.6 Å². The van der Waals surface area contributed by atoms with E-state index in [1.165, 1.54) is 13.2 Å². The highest BCUT2D eigenvalue weighted by Gasteiger charge is 2.12. The van der Waals surface area contributed by atoms with Crippen LogP contribution in [0.2, 0.25) is 5.02 Å². The highest BCUT2D eigenvalue weighted by Crippen LogP contribution is 2.22. The molecule has 0 heterocycles. The predicted molar refractivity (Wildman–Crippen MR) is 90.7 cm³/mol. The van der Waals surface area contributed by atoms with Crippen molar-refractivity contribution in [3.8, 4) is 11.5 Å². The Morgan fingerprint density at radius 2 is 2.00 bits per heavy atom. The second-order valence-electron chi connectivity index (χ2n) is 4.55. The van der Waals surface area contributed by atoms with E-state index in [0.29, 0.717) is 22.9 Å². The Kier molecular flexibility index (Phi) is 6.00. The fourth-order valence-electron chi connectivity index (χ4n) is 1.90. The normalized spacial score (nSPS) is 10.6. The van der Waals surface area contributed by atoms with E-state index in [0.717, 1.165) is 11.3 Å². The van der Waals surface area contributed by atoms with Crippen LogP contribution in [-0.4, -0.2) is 25.8 Å². The van der Waals surface area contributed by atoms with Gasteiger partial charge in [-0.3, -0.25) is 4.79 Å². The van der Waals surface area contributed by atoms with Gasteiger partial charge in [0.25, 0.3) is 5.91 Å². The van der Waals surface area contributed by atoms with Crippen LogP contribution in [0.5, 0.6) is 11.5 Å². The molecule has 2 aromatic carbocycles. The van der Waals surface area contributed by atoms with Gasteiger partial charge in [0.1, 0.15) is 11.5 Å². The predicted octanol–water partition coefficient (Wildman–Crippen LogP) is 3.51. The summed E-state index contributed by atoms with van der Waals surface area (Å²) in [6, 6.07) is 12.2. The number of benzene rings is 2. The molecule has 0 saturated carbocycles. The second-order valence-corrected chi connectivity index (χ2v) is 4.98. The minimum Gasteiger partial charge on any atom is -0.496 e. The van der Waals surface area contributed by atoms with Crippen LogP contribution in [-0.2, 0) is 0 Å². The summed E-state index contributed by atoms with van der Waals surface area (Å²) in [6.45, 7) is 2.54. The third kappa shape index (κ3) is 4.72. The number of halogens is 1. The van der Waals surface area contributed by atoms with Gasteiger partial charge >= 0.3 is 0 Å². The number of nitrogens with zero attached hydrogens (tertiary/aromatic N) is 1. The molecule has 0 aliphatic heterocycles. The van der Waals surface area contributed by atoms with Gasteiger partial charge in [0.2, 0.25) is 0 Å². The average molecular weight is 333 g/mol. The minimum atomic E-state index is -0.397. The topological polar surface area (TPSA) is 59.9 Å². The zero-order valence-corrected chi connectivity index (χ0v) is 13.6. The fourth-order valence-corrected chi connectivity index (χ4v) is 2.07. The molecular weight excluding hydrogens is 316 g/mol. The van der Waals surface area contributed by atoms with E-state index < -0.39 is 5.91 Å². The summed E-state index contributed by atoms with van der Waals surface area (Å²) in [4.78, 5) is 12.1. The van der Waals surface area contributed by atoms with Crippen molar-refractivity contribution in [1.82, 2.24) is 5.43 Å². The van der Waals surface area contributed by atoms with Gasteiger partial charge in [-0.1, -0.05) is 11.6 Å². The van der Waals surface area contributed by atoms with Gasteiger partial charge in [-0.25, -0.2) is 5.43 Å². The molecule has 23 heavy (non-hydrogen) atoms. The van der Waals surface area contributed by atoms with Gasteiger partial charge in [-0.05, 0) is 55.0 Å². The maximum atomic E-state index is 12.1.